The van der Waals surface area contributed by atoms with Crippen LogP contribution < -0.4 is 0 Å². The van der Waals surface area contributed by atoms with Gasteiger partial charge in [-0.2, -0.15) is 13.2 Å². The maximum atomic E-state index is 12.9. The van der Waals surface area contributed by atoms with Gasteiger partial charge in [0.25, 0.3) is 0 Å². The molecule has 0 aliphatic carbocycles. The van der Waals surface area contributed by atoms with Crippen molar-refractivity contribution in [3.8, 4) is 0 Å². The predicted molar refractivity (Wildman–Crippen MR) is 63.3 cm³/mol. The summed E-state index contributed by atoms with van der Waals surface area (Å²) in [5.74, 6) is 0. The van der Waals surface area contributed by atoms with Crippen LogP contribution >= 0.6 is 0 Å². The van der Waals surface area contributed by atoms with Crippen LogP contribution in [0.2, 0.25) is 0 Å². The molecule has 98 valence electrons. The summed E-state index contributed by atoms with van der Waals surface area (Å²) in [4.78, 5) is 0. The number of para-hydroxylation sites is 1. The van der Waals surface area contributed by atoms with Crippen molar-refractivity contribution >= 4 is 10.9 Å². The second kappa shape index (κ2) is 4.31. The summed E-state index contributed by atoms with van der Waals surface area (Å²) in [6.07, 6.45) is -4.61. The van der Waals surface area contributed by atoms with Crippen molar-refractivity contribution in [2.24, 2.45) is 7.05 Å². The number of nitrogens with zero attached hydrogens (tertiary/aromatic N) is 1. The largest absolute Gasteiger partial charge is 0.418 e. The van der Waals surface area contributed by atoms with Crippen molar-refractivity contribution in [3.63, 3.8) is 0 Å². The number of hydrogen-bond acceptors (Lipinski definition) is 1. The lowest BCUT2D eigenvalue weighted by Crippen LogP contribution is -2.10. The smallest absolute Gasteiger partial charge is 0.393 e. The molecule has 2 rings (SSSR count). The van der Waals surface area contributed by atoms with Gasteiger partial charge < -0.3 is 9.67 Å². The molecule has 0 saturated heterocycles. The van der Waals surface area contributed by atoms with E-state index in [0.29, 0.717) is 17.5 Å². The van der Waals surface area contributed by atoms with Crippen LogP contribution in [0.1, 0.15) is 18.2 Å². The van der Waals surface area contributed by atoms with Gasteiger partial charge in [0.15, 0.2) is 0 Å². The maximum absolute atomic E-state index is 12.9. The Hall–Kier alpha value is -1.49. The van der Waals surface area contributed by atoms with Gasteiger partial charge in [0, 0.05) is 24.5 Å². The summed E-state index contributed by atoms with van der Waals surface area (Å²) in [5, 5.41) is 9.89. The quantitative estimate of drug-likeness (QED) is 0.878. The molecule has 0 amide bonds. The zero-order valence-electron chi connectivity index (χ0n) is 10.1. The fourth-order valence-electron chi connectivity index (χ4n) is 2.20. The third-order valence-electron chi connectivity index (χ3n) is 2.97. The Balaban J connectivity index is 2.66. The summed E-state index contributed by atoms with van der Waals surface area (Å²) in [6.45, 7) is 1.61. The summed E-state index contributed by atoms with van der Waals surface area (Å²) in [5.41, 5.74) is 0.219. The number of aryl methyl sites for hydroxylation is 1. The minimum Gasteiger partial charge on any atom is -0.393 e. The molecule has 1 atom stereocenters. The zero-order valence-corrected chi connectivity index (χ0v) is 10.1. The number of benzene rings is 1. The van der Waals surface area contributed by atoms with E-state index in [-0.39, 0.29) is 5.52 Å². The van der Waals surface area contributed by atoms with Crippen molar-refractivity contribution in [2.45, 2.75) is 25.6 Å². The number of aliphatic hydroxyl groups is 1. The van der Waals surface area contributed by atoms with Gasteiger partial charge in [0.1, 0.15) is 0 Å². The van der Waals surface area contributed by atoms with Gasteiger partial charge in [-0.05, 0) is 19.1 Å². The van der Waals surface area contributed by atoms with Crippen LogP contribution in [0, 0.1) is 0 Å². The monoisotopic (exact) mass is 257 g/mol. The minimum atomic E-state index is -4.37. The van der Waals surface area contributed by atoms with E-state index in [4.69, 9.17) is 0 Å². The van der Waals surface area contributed by atoms with E-state index in [1.165, 1.54) is 10.6 Å². The molecule has 0 bridgehead atoms. The van der Waals surface area contributed by atoms with Gasteiger partial charge in [-0.3, -0.25) is 0 Å². The molecular formula is C13H14F3NO. The average molecular weight is 257 g/mol. The molecule has 1 aromatic heterocycles. The lowest BCUT2D eigenvalue weighted by Gasteiger charge is -2.11. The van der Waals surface area contributed by atoms with E-state index in [1.807, 2.05) is 0 Å². The average Bonchev–Trinajstić information content (AvgIpc) is 2.54. The molecule has 2 nitrogen and oxygen atoms in total. The molecular weight excluding hydrogens is 243 g/mol. The van der Waals surface area contributed by atoms with Gasteiger partial charge in [-0.15, -0.1) is 0 Å². The molecule has 0 radical (unpaired) electrons. The van der Waals surface area contributed by atoms with Gasteiger partial charge in [-0.25, -0.2) is 0 Å². The van der Waals surface area contributed by atoms with Crippen LogP contribution in [0.25, 0.3) is 10.9 Å². The Labute approximate surface area is 103 Å². The Morgan fingerprint density at radius 3 is 2.56 bits per heavy atom. The van der Waals surface area contributed by atoms with Crippen molar-refractivity contribution in [1.29, 1.82) is 0 Å². The van der Waals surface area contributed by atoms with Crippen LogP contribution in [0.4, 0.5) is 13.2 Å². The molecule has 0 saturated carbocycles. The summed E-state index contributed by atoms with van der Waals surface area (Å²) in [7, 11) is 1.59. The van der Waals surface area contributed by atoms with E-state index >= 15 is 0 Å². The first kappa shape index (κ1) is 13.0. The number of fused-ring (bicyclic) bond motifs is 1. The first-order valence-electron chi connectivity index (χ1n) is 5.63. The van der Waals surface area contributed by atoms with Crippen molar-refractivity contribution in [1.82, 2.24) is 4.57 Å². The third-order valence-corrected chi connectivity index (χ3v) is 2.97. The van der Waals surface area contributed by atoms with E-state index in [1.54, 1.807) is 26.1 Å². The maximum Gasteiger partial charge on any atom is 0.418 e. The Bertz CT molecular complexity index is 569. The summed E-state index contributed by atoms with van der Waals surface area (Å²) < 4.78 is 40.2. The molecule has 1 N–H and O–H groups in total. The Morgan fingerprint density at radius 2 is 2.00 bits per heavy atom. The van der Waals surface area contributed by atoms with Gasteiger partial charge in [0.2, 0.25) is 0 Å². The SMILES string of the molecule is CC(O)Cc1cc2cccc(C(F)(F)F)c2n1C. The van der Waals surface area contributed by atoms with Gasteiger partial charge in [-0.1, -0.05) is 12.1 Å². The molecule has 5 heteroatoms. The van der Waals surface area contributed by atoms with E-state index < -0.39 is 17.8 Å². The van der Waals surface area contributed by atoms with Gasteiger partial charge in [0.05, 0.1) is 17.2 Å². The molecule has 1 aromatic carbocycles. The van der Waals surface area contributed by atoms with Crippen molar-refractivity contribution in [3.05, 3.63) is 35.5 Å². The summed E-state index contributed by atoms with van der Waals surface area (Å²) in [6, 6.07) is 5.82. The molecule has 2 aromatic rings. The highest BCUT2D eigenvalue weighted by Crippen LogP contribution is 2.35. The number of halogens is 3. The van der Waals surface area contributed by atoms with E-state index in [2.05, 4.69) is 0 Å². The number of aromatic nitrogens is 1. The van der Waals surface area contributed by atoms with Crippen LogP contribution in [-0.4, -0.2) is 15.8 Å². The van der Waals surface area contributed by atoms with Crippen LogP contribution in [0.15, 0.2) is 24.3 Å². The molecule has 0 spiro atoms. The second-order valence-corrected chi connectivity index (χ2v) is 4.49. The standard InChI is InChI=1S/C13H14F3NO/c1-8(18)6-10-7-9-4-3-5-11(13(14,15)16)12(9)17(10)2/h3-5,7-8,18H,6H2,1-2H3. The Morgan fingerprint density at radius 1 is 1.33 bits per heavy atom. The summed E-state index contributed by atoms with van der Waals surface area (Å²) >= 11 is 0. The molecule has 1 heterocycles. The number of aliphatic hydroxyl groups excluding tert-OH is 1. The fourth-order valence-corrected chi connectivity index (χ4v) is 2.20. The highest BCUT2D eigenvalue weighted by molar-refractivity contribution is 5.85. The molecule has 0 aliphatic heterocycles. The van der Waals surface area contributed by atoms with Crippen LogP contribution in [0.3, 0.4) is 0 Å². The van der Waals surface area contributed by atoms with Crippen molar-refractivity contribution < 1.29 is 18.3 Å². The Kier molecular flexibility index (Phi) is 3.11. The van der Waals surface area contributed by atoms with Crippen molar-refractivity contribution in [2.75, 3.05) is 0 Å². The van der Waals surface area contributed by atoms with Gasteiger partial charge >= 0.3 is 6.18 Å². The fraction of sp³-hybridized carbons (Fsp3) is 0.385. The highest BCUT2D eigenvalue weighted by Gasteiger charge is 2.33. The normalized spacial score (nSPS) is 14.1. The lowest BCUT2D eigenvalue weighted by molar-refractivity contribution is -0.136. The molecule has 0 aliphatic rings. The number of rotatable bonds is 2. The van der Waals surface area contributed by atoms with Crippen LogP contribution in [-0.2, 0) is 19.6 Å². The first-order chi connectivity index (χ1) is 8.30. The molecule has 18 heavy (non-hydrogen) atoms. The molecule has 1 unspecified atom stereocenters. The van der Waals surface area contributed by atoms with E-state index in [0.717, 1.165) is 6.07 Å². The molecule has 0 fully saturated rings. The first-order valence-corrected chi connectivity index (χ1v) is 5.63. The lowest BCUT2D eigenvalue weighted by atomic mass is 10.1. The topological polar surface area (TPSA) is 25.2 Å². The minimum absolute atomic E-state index is 0.167. The van der Waals surface area contributed by atoms with Crippen LogP contribution in [0.5, 0.6) is 0 Å². The number of hydrogen-bond donors (Lipinski definition) is 1. The predicted octanol–water partition coefficient (Wildman–Crippen LogP) is 3.12. The third kappa shape index (κ3) is 2.22. The highest BCUT2D eigenvalue weighted by atomic mass is 19.4. The second-order valence-electron chi connectivity index (χ2n) is 4.49. The number of alkyl halides is 3. The van der Waals surface area contributed by atoms with E-state index in [9.17, 15) is 18.3 Å². The zero-order chi connectivity index (χ0) is 13.5.